The lowest BCUT2D eigenvalue weighted by Crippen LogP contribution is -2.17. The zero-order valence-corrected chi connectivity index (χ0v) is 16.4. The third-order valence-corrected chi connectivity index (χ3v) is 6.00. The smallest absolute Gasteiger partial charge is 0.213 e. The number of phenols is 1. The zero-order chi connectivity index (χ0) is 19.5. The average molecular weight is 417 g/mol. The molecule has 0 spiro atoms. The number of aromatic hydroxyl groups is 1. The van der Waals surface area contributed by atoms with Crippen molar-refractivity contribution in [3.05, 3.63) is 47.8 Å². The van der Waals surface area contributed by atoms with Gasteiger partial charge in [-0.15, -0.1) is 0 Å². The molecule has 4 rings (SSSR count). The molecule has 1 fully saturated rings. The lowest BCUT2D eigenvalue weighted by molar-refractivity contribution is 0.112. The van der Waals surface area contributed by atoms with E-state index in [1.54, 1.807) is 0 Å². The zero-order valence-electron chi connectivity index (χ0n) is 14.8. The van der Waals surface area contributed by atoms with E-state index in [4.69, 9.17) is 0 Å². The molecule has 28 heavy (non-hydrogen) atoms. The number of anilines is 2. The van der Waals surface area contributed by atoms with Crippen LogP contribution < -0.4 is 9.62 Å². The minimum absolute atomic E-state index is 0.0969. The summed E-state index contributed by atoms with van der Waals surface area (Å²) in [6.45, 7) is 2.20. The lowest BCUT2D eigenvalue weighted by atomic mass is 10.2. The van der Waals surface area contributed by atoms with Crippen molar-refractivity contribution in [2.75, 3.05) is 22.7 Å². The van der Waals surface area contributed by atoms with Gasteiger partial charge in [0.1, 0.15) is 0 Å². The maximum Gasteiger partial charge on any atom is 0.213 e. The predicted octanol–water partition coefficient (Wildman–Crippen LogP) is 4.58. The Morgan fingerprint density at radius 2 is 1.96 bits per heavy atom. The fraction of sp³-hybridized carbons (Fsp3) is 0.211. The maximum absolute atomic E-state index is 13.6. The number of benzene rings is 2. The van der Waals surface area contributed by atoms with Crippen LogP contribution in [0.1, 0.15) is 23.2 Å². The molecule has 0 atom stereocenters. The number of halogens is 1. The summed E-state index contributed by atoms with van der Waals surface area (Å²) in [6, 6.07) is 10.8. The number of carbonyl (C=O) groups excluding carboxylic acids is 1. The molecular formula is C19H17FN4O2S2. The highest BCUT2D eigenvalue weighted by atomic mass is 32.2. The van der Waals surface area contributed by atoms with Gasteiger partial charge in [-0.1, -0.05) is 0 Å². The highest BCUT2D eigenvalue weighted by Crippen LogP contribution is 2.30. The third kappa shape index (κ3) is 3.95. The van der Waals surface area contributed by atoms with Crippen LogP contribution in [0.3, 0.4) is 0 Å². The Morgan fingerprint density at radius 1 is 1.21 bits per heavy atom. The van der Waals surface area contributed by atoms with E-state index in [0.29, 0.717) is 22.1 Å². The van der Waals surface area contributed by atoms with Crippen LogP contribution in [-0.4, -0.2) is 33.8 Å². The average Bonchev–Trinajstić information content (AvgIpc) is 3.41. The molecule has 6 nitrogen and oxygen atoms in total. The van der Waals surface area contributed by atoms with Crippen molar-refractivity contribution in [1.82, 2.24) is 9.36 Å². The van der Waals surface area contributed by atoms with E-state index in [1.807, 2.05) is 12.1 Å². The quantitative estimate of drug-likeness (QED) is 0.450. The van der Waals surface area contributed by atoms with Gasteiger partial charge in [-0.25, -0.2) is 4.39 Å². The van der Waals surface area contributed by atoms with Crippen molar-refractivity contribution < 1.29 is 14.3 Å². The molecule has 1 aromatic heterocycles. The fourth-order valence-corrected chi connectivity index (χ4v) is 4.34. The van der Waals surface area contributed by atoms with Crippen LogP contribution in [0.15, 0.2) is 41.3 Å². The number of nitrogens with zero attached hydrogens (tertiary/aromatic N) is 3. The molecule has 0 saturated carbocycles. The first-order valence-corrected chi connectivity index (χ1v) is 10.3. The predicted molar refractivity (Wildman–Crippen MR) is 110 cm³/mol. The molecule has 2 aromatic carbocycles. The topological polar surface area (TPSA) is 78.4 Å². The van der Waals surface area contributed by atoms with Crippen LogP contribution in [0.5, 0.6) is 5.75 Å². The molecule has 2 N–H and O–H groups in total. The van der Waals surface area contributed by atoms with Crippen LogP contribution in [0.4, 0.5) is 15.2 Å². The molecule has 1 aliphatic rings. The second-order valence-corrected chi connectivity index (χ2v) is 7.96. The molecule has 1 aliphatic heterocycles. The van der Waals surface area contributed by atoms with E-state index < -0.39 is 11.6 Å². The summed E-state index contributed by atoms with van der Waals surface area (Å²) in [7, 11) is 0. The number of phenolic OH excluding ortho intramolecular Hbond substituents is 1. The number of hydrogen-bond acceptors (Lipinski definition) is 8. The summed E-state index contributed by atoms with van der Waals surface area (Å²) in [5, 5.41) is 10.0. The summed E-state index contributed by atoms with van der Waals surface area (Å²) >= 11 is 2.29. The van der Waals surface area contributed by atoms with Crippen LogP contribution in [-0.2, 0) is 0 Å². The Labute approximate surface area is 169 Å². The fourth-order valence-electron chi connectivity index (χ4n) is 3.02. The second-order valence-electron chi connectivity index (χ2n) is 6.33. The van der Waals surface area contributed by atoms with Crippen molar-refractivity contribution in [2.45, 2.75) is 17.7 Å². The molecule has 0 bridgehead atoms. The van der Waals surface area contributed by atoms with E-state index in [9.17, 15) is 14.3 Å². The summed E-state index contributed by atoms with van der Waals surface area (Å²) in [5.74, 6) is -0.869. The first kappa shape index (κ1) is 18.7. The Balaban J connectivity index is 1.43. The Morgan fingerprint density at radius 3 is 2.68 bits per heavy atom. The molecule has 144 valence electrons. The van der Waals surface area contributed by atoms with Gasteiger partial charge >= 0.3 is 0 Å². The minimum atomic E-state index is -0.843. The van der Waals surface area contributed by atoms with Gasteiger partial charge in [0.15, 0.2) is 23.7 Å². The normalized spacial score (nSPS) is 13.7. The summed E-state index contributed by atoms with van der Waals surface area (Å²) in [6.07, 6.45) is 2.89. The van der Waals surface area contributed by atoms with E-state index in [1.165, 1.54) is 36.1 Å². The molecular weight excluding hydrogens is 399 g/mol. The summed E-state index contributed by atoms with van der Waals surface area (Å²) in [4.78, 5) is 18.2. The van der Waals surface area contributed by atoms with Crippen LogP contribution in [0.25, 0.3) is 11.4 Å². The molecule has 9 heteroatoms. The van der Waals surface area contributed by atoms with Crippen molar-refractivity contribution in [3.63, 3.8) is 0 Å². The molecule has 1 saturated heterocycles. The van der Waals surface area contributed by atoms with Gasteiger partial charge in [0.25, 0.3) is 0 Å². The van der Waals surface area contributed by atoms with Gasteiger partial charge in [-0.05, 0) is 61.2 Å². The Kier molecular flexibility index (Phi) is 5.45. The van der Waals surface area contributed by atoms with Crippen LogP contribution in [0.2, 0.25) is 0 Å². The second kappa shape index (κ2) is 8.15. The third-order valence-electron chi connectivity index (χ3n) is 4.47. The highest BCUT2D eigenvalue weighted by Gasteiger charge is 2.14. The molecule has 0 amide bonds. The van der Waals surface area contributed by atoms with Crippen LogP contribution in [0, 0.1) is 5.82 Å². The summed E-state index contributed by atoms with van der Waals surface area (Å²) < 4.78 is 21.0. The van der Waals surface area contributed by atoms with E-state index in [2.05, 4.69) is 31.1 Å². The largest absolute Gasteiger partial charge is 0.504 e. The van der Waals surface area contributed by atoms with Gasteiger partial charge in [0.05, 0.1) is 5.56 Å². The number of carbonyl (C=O) groups is 1. The van der Waals surface area contributed by atoms with Crippen molar-refractivity contribution in [2.24, 2.45) is 0 Å². The molecule has 0 radical (unpaired) electrons. The number of nitrogens with one attached hydrogen (secondary N) is 1. The van der Waals surface area contributed by atoms with Gasteiger partial charge in [0.2, 0.25) is 5.13 Å². The monoisotopic (exact) mass is 416 g/mol. The first-order valence-electron chi connectivity index (χ1n) is 8.73. The number of hydrogen-bond donors (Lipinski definition) is 2. The first-order chi connectivity index (χ1) is 13.6. The SMILES string of the molecule is O=Cc1cc(SNc2nc(-c3ccc(N4CCCC4)cc3)ns2)cc(F)c1O. The molecule has 2 heterocycles. The van der Waals surface area contributed by atoms with E-state index in [0.717, 1.165) is 36.7 Å². The number of aromatic nitrogens is 2. The van der Waals surface area contributed by atoms with Gasteiger partial charge in [0, 0.05) is 40.8 Å². The standard InChI is InChI=1S/C19H17FN4O2S2/c20-16-10-15(9-13(11-25)17(16)26)27-23-19-21-18(22-28-19)12-3-5-14(6-4-12)24-7-1-2-8-24/h3-6,9-11,26H,1-2,7-8H2,(H,21,22,23). The van der Waals surface area contributed by atoms with Crippen molar-refractivity contribution in [1.29, 1.82) is 0 Å². The molecule has 3 aromatic rings. The summed E-state index contributed by atoms with van der Waals surface area (Å²) in [5.41, 5.74) is 2.04. The van der Waals surface area contributed by atoms with E-state index >= 15 is 0 Å². The minimum Gasteiger partial charge on any atom is -0.504 e. The van der Waals surface area contributed by atoms with E-state index in [-0.39, 0.29) is 5.56 Å². The van der Waals surface area contributed by atoms with Gasteiger partial charge in [-0.2, -0.15) is 9.36 Å². The Hall–Kier alpha value is -2.65. The maximum atomic E-state index is 13.6. The van der Waals surface area contributed by atoms with Gasteiger partial charge < -0.3 is 14.7 Å². The number of rotatable bonds is 6. The molecule has 0 aliphatic carbocycles. The lowest BCUT2D eigenvalue weighted by Gasteiger charge is -2.17. The van der Waals surface area contributed by atoms with Crippen molar-refractivity contribution in [3.8, 4) is 17.1 Å². The number of aldehydes is 1. The van der Waals surface area contributed by atoms with Crippen molar-refractivity contribution >= 4 is 40.6 Å². The van der Waals surface area contributed by atoms with Crippen LogP contribution >= 0.6 is 23.5 Å². The highest BCUT2D eigenvalue weighted by molar-refractivity contribution is 8.00. The molecule has 0 unspecified atom stereocenters. The van der Waals surface area contributed by atoms with Gasteiger partial charge in [-0.3, -0.25) is 4.79 Å². The Bertz CT molecular complexity index is 988.